The fourth-order valence-corrected chi connectivity index (χ4v) is 8.78. The molecule has 5 aliphatic rings. The zero-order valence-electron chi connectivity index (χ0n) is 33.4. The molecular formula is C45H54N4O6. The van der Waals surface area contributed by atoms with Gasteiger partial charge in [0.2, 0.25) is 5.75 Å². The van der Waals surface area contributed by atoms with Gasteiger partial charge in [0, 0.05) is 81.3 Å². The summed E-state index contributed by atoms with van der Waals surface area (Å²) in [4.78, 5) is 9.81. The molecule has 10 nitrogen and oxygen atoms in total. The lowest BCUT2D eigenvalue weighted by molar-refractivity contribution is 0.130. The second-order valence-electron chi connectivity index (χ2n) is 15.0. The van der Waals surface area contributed by atoms with Crippen molar-refractivity contribution >= 4 is 11.8 Å². The number of likely N-dealkylation sites (N-methyl/N-ethyl adjacent to an activating group) is 3. The Labute approximate surface area is 325 Å². The molecule has 0 saturated carbocycles. The summed E-state index contributed by atoms with van der Waals surface area (Å²) in [7, 11) is 11.2. The van der Waals surface area contributed by atoms with Gasteiger partial charge in [0.15, 0.2) is 34.5 Å². The van der Waals surface area contributed by atoms with Gasteiger partial charge >= 0.3 is 0 Å². The number of hydrogen-bond donors (Lipinski definition) is 0. The molecule has 0 unspecified atom stereocenters. The predicted molar refractivity (Wildman–Crippen MR) is 216 cm³/mol. The Hall–Kier alpha value is -4.90. The van der Waals surface area contributed by atoms with Crippen LogP contribution in [0.3, 0.4) is 0 Å². The highest BCUT2D eigenvalue weighted by Crippen LogP contribution is 2.54. The van der Waals surface area contributed by atoms with E-state index in [1.165, 1.54) is 16.7 Å². The molecule has 6 bridgehead atoms. The number of rotatable bonds is 7. The van der Waals surface area contributed by atoms with E-state index in [1.54, 1.807) is 28.4 Å². The zero-order chi connectivity index (χ0) is 38.2. The molecule has 5 heterocycles. The van der Waals surface area contributed by atoms with Gasteiger partial charge in [-0.25, -0.2) is 0 Å². The molecule has 0 spiro atoms. The minimum atomic E-state index is -0.0427. The highest BCUT2D eigenvalue weighted by atomic mass is 16.5. The fourth-order valence-electron chi connectivity index (χ4n) is 8.78. The van der Waals surface area contributed by atoms with Crippen LogP contribution < -0.4 is 28.4 Å². The van der Waals surface area contributed by atoms with Crippen molar-refractivity contribution in [2.24, 2.45) is 0 Å². The smallest absolute Gasteiger partial charge is 0.204 e. The number of methoxy groups -OCH3 is 4. The second kappa shape index (κ2) is 15.7. The number of fused-ring (bicyclic) bond motifs is 2. The lowest BCUT2D eigenvalue weighted by Gasteiger charge is -2.40. The molecule has 1 atom stereocenters. The minimum Gasteiger partial charge on any atom is -0.493 e. The summed E-state index contributed by atoms with van der Waals surface area (Å²) in [5.41, 5.74) is 9.20. The number of piperazine rings is 1. The van der Waals surface area contributed by atoms with Gasteiger partial charge in [-0.05, 0) is 97.6 Å². The van der Waals surface area contributed by atoms with Crippen LogP contribution in [0.15, 0.2) is 54.6 Å². The van der Waals surface area contributed by atoms with Crippen molar-refractivity contribution in [1.82, 2.24) is 19.6 Å². The Bertz CT molecular complexity index is 2070. The van der Waals surface area contributed by atoms with Crippen LogP contribution in [0.25, 0.3) is 11.8 Å². The van der Waals surface area contributed by atoms with Crippen molar-refractivity contribution in [3.05, 3.63) is 93.5 Å². The van der Waals surface area contributed by atoms with E-state index in [0.717, 1.165) is 105 Å². The molecule has 0 aromatic heterocycles. The standard InChI is InChI=1S/C45H54N4O6/c1-8-48-19-21-49(22-20-48)28-35-33-16-18-47(3)37-24-30-11-14-38(50-4)40(25-30)54-32-12-9-29(10-13-32)23-36-34-27-41(39(51-5)26-31(34)15-17-46(36)2)55-44(42(33)37)45(53-7)43(35)52-6/h9-14,23,25-27,37H,8,15-22,24,28H2,1-7H3/b36-23+/t37-/m0/s1. The molecule has 55 heavy (non-hydrogen) atoms. The van der Waals surface area contributed by atoms with Crippen molar-refractivity contribution in [3.8, 4) is 46.0 Å². The summed E-state index contributed by atoms with van der Waals surface area (Å²) >= 11 is 0. The van der Waals surface area contributed by atoms with Crippen LogP contribution in [0, 0.1) is 0 Å². The first kappa shape index (κ1) is 37.0. The summed E-state index contributed by atoms with van der Waals surface area (Å²) in [6, 6.07) is 18.7. The molecule has 9 rings (SSSR count). The van der Waals surface area contributed by atoms with E-state index < -0.39 is 0 Å². The monoisotopic (exact) mass is 746 g/mol. The third-order valence-electron chi connectivity index (χ3n) is 12.0. The summed E-state index contributed by atoms with van der Waals surface area (Å²) in [6.07, 6.45) is 4.69. The highest BCUT2D eigenvalue weighted by molar-refractivity contribution is 5.84. The quantitative estimate of drug-likeness (QED) is 0.190. The molecule has 0 N–H and O–H groups in total. The Morgan fingerprint density at radius 3 is 2.15 bits per heavy atom. The number of nitrogens with zero attached hydrogens (tertiary/aromatic N) is 4. The van der Waals surface area contributed by atoms with Crippen molar-refractivity contribution in [2.45, 2.75) is 38.8 Å². The van der Waals surface area contributed by atoms with Gasteiger partial charge in [0.25, 0.3) is 0 Å². The van der Waals surface area contributed by atoms with E-state index in [4.69, 9.17) is 28.4 Å². The first-order valence-electron chi connectivity index (χ1n) is 19.5. The summed E-state index contributed by atoms with van der Waals surface area (Å²) in [5, 5.41) is 0. The number of ether oxygens (including phenoxy) is 6. The van der Waals surface area contributed by atoms with E-state index in [0.29, 0.717) is 40.9 Å². The Kier molecular flexibility index (Phi) is 10.6. The Morgan fingerprint density at radius 1 is 0.709 bits per heavy atom. The molecule has 10 heteroatoms. The Morgan fingerprint density at radius 2 is 1.44 bits per heavy atom. The van der Waals surface area contributed by atoms with Crippen molar-refractivity contribution in [2.75, 3.05) is 88.3 Å². The van der Waals surface area contributed by atoms with E-state index in [9.17, 15) is 0 Å². The Balaban J connectivity index is 1.37. The maximum absolute atomic E-state index is 7.26. The first-order chi connectivity index (χ1) is 26.8. The summed E-state index contributed by atoms with van der Waals surface area (Å²) in [6.45, 7) is 9.99. The van der Waals surface area contributed by atoms with E-state index in [-0.39, 0.29) is 6.04 Å². The van der Waals surface area contributed by atoms with Crippen molar-refractivity contribution in [1.29, 1.82) is 0 Å². The lowest BCUT2D eigenvalue weighted by Crippen LogP contribution is -2.46. The maximum Gasteiger partial charge on any atom is 0.204 e. The van der Waals surface area contributed by atoms with Crippen LogP contribution in [-0.2, 0) is 25.8 Å². The molecular weight excluding hydrogens is 693 g/mol. The van der Waals surface area contributed by atoms with Crippen LogP contribution in [0.2, 0.25) is 0 Å². The molecule has 1 saturated heterocycles. The number of hydrogen-bond acceptors (Lipinski definition) is 10. The normalized spacial score (nSPS) is 19.6. The molecule has 0 aliphatic carbocycles. The zero-order valence-corrected chi connectivity index (χ0v) is 33.4. The van der Waals surface area contributed by atoms with Crippen LogP contribution >= 0.6 is 0 Å². The molecule has 4 aromatic rings. The average Bonchev–Trinajstić information content (AvgIpc) is 3.21. The maximum atomic E-state index is 7.26. The third kappa shape index (κ3) is 7.07. The second-order valence-corrected chi connectivity index (χ2v) is 15.0. The fraction of sp³-hybridized carbons (Fsp3) is 0.422. The predicted octanol–water partition coefficient (Wildman–Crippen LogP) is 7.51. The van der Waals surface area contributed by atoms with Crippen LogP contribution in [0.1, 0.15) is 51.9 Å². The lowest BCUT2D eigenvalue weighted by atomic mass is 9.84. The van der Waals surface area contributed by atoms with Crippen molar-refractivity contribution in [3.63, 3.8) is 0 Å². The van der Waals surface area contributed by atoms with Gasteiger partial charge in [-0.1, -0.05) is 25.1 Å². The van der Waals surface area contributed by atoms with E-state index in [2.05, 4.69) is 83.1 Å². The van der Waals surface area contributed by atoms with Crippen LogP contribution in [-0.4, -0.2) is 108 Å². The molecule has 1 fully saturated rings. The van der Waals surface area contributed by atoms with Gasteiger partial charge in [0.1, 0.15) is 5.75 Å². The molecule has 290 valence electrons. The first-order valence-corrected chi connectivity index (χ1v) is 19.5. The van der Waals surface area contributed by atoms with E-state index in [1.807, 2.05) is 18.2 Å². The molecule has 5 aliphatic heterocycles. The van der Waals surface area contributed by atoms with Gasteiger partial charge in [0.05, 0.1) is 28.4 Å². The van der Waals surface area contributed by atoms with Gasteiger partial charge < -0.3 is 38.2 Å². The minimum absolute atomic E-state index is 0.0427. The number of benzene rings is 4. The average molecular weight is 747 g/mol. The van der Waals surface area contributed by atoms with Gasteiger partial charge in [-0.2, -0.15) is 0 Å². The van der Waals surface area contributed by atoms with Gasteiger partial charge in [-0.3, -0.25) is 9.80 Å². The molecule has 4 aromatic carbocycles. The van der Waals surface area contributed by atoms with Gasteiger partial charge in [-0.15, -0.1) is 0 Å². The summed E-state index contributed by atoms with van der Waals surface area (Å²) < 4.78 is 38.4. The van der Waals surface area contributed by atoms with Crippen molar-refractivity contribution < 1.29 is 28.4 Å². The SMILES string of the molecule is CCN1CCN(Cc2c3c4c(c(OC)c2OC)Oc2cc5c(cc2OC)CCN(C)/C5=C/c2ccc(cc2)Oc2cc(ccc2OC)C[C@@H]4N(C)CC3)CC1. The largest absolute Gasteiger partial charge is 0.493 e. The highest BCUT2D eigenvalue weighted by Gasteiger charge is 2.37. The third-order valence-corrected chi connectivity index (χ3v) is 12.0. The topological polar surface area (TPSA) is 68.3 Å². The van der Waals surface area contributed by atoms with Crippen LogP contribution in [0.5, 0.6) is 46.0 Å². The van der Waals surface area contributed by atoms with E-state index >= 15 is 0 Å². The summed E-state index contributed by atoms with van der Waals surface area (Å²) in [5.74, 6) is 5.44. The molecule has 0 radical (unpaired) electrons. The molecule has 0 amide bonds. The van der Waals surface area contributed by atoms with Crippen LogP contribution in [0.4, 0.5) is 0 Å².